The van der Waals surface area contributed by atoms with E-state index in [4.69, 9.17) is 5.11 Å². The molecule has 0 spiro atoms. The molecule has 0 aliphatic rings. The molecule has 1 unspecified atom stereocenters. The number of hydrogen-bond donors (Lipinski definition) is 2. The van der Waals surface area contributed by atoms with Crippen molar-refractivity contribution >= 4 is 17.5 Å². The van der Waals surface area contributed by atoms with Gasteiger partial charge in [-0.25, -0.2) is 4.98 Å². The predicted octanol–water partition coefficient (Wildman–Crippen LogP) is 1.71. The van der Waals surface area contributed by atoms with Gasteiger partial charge in [0.1, 0.15) is 11.3 Å². The molecule has 2 heterocycles. The van der Waals surface area contributed by atoms with E-state index in [2.05, 4.69) is 10.3 Å². The maximum absolute atomic E-state index is 12.0. The number of nitrogens with one attached hydrogen (secondary N) is 1. The lowest BCUT2D eigenvalue weighted by atomic mass is 10.1. The third kappa shape index (κ3) is 3.57. The summed E-state index contributed by atoms with van der Waals surface area (Å²) < 4.78 is 1.78. The summed E-state index contributed by atoms with van der Waals surface area (Å²) in [5, 5.41) is 11.4. The predicted molar refractivity (Wildman–Crippen MR) is 73.6 cm³/mol. The average Bonchev–Trinajstić information content (AvgIpc) is 2.82. The van der Waals surface area contributed by atoms with Gasteiger partial charge in [0.25, 0.3) is 5.91 Å². The summed E-state index contributed by atoms with van der Waals surface area (Å²) in [6.07, 6.45) is 4.80. The molecule has 6 nitrogen and oxygen atoms in total. The number of carbonyl (C=O) groups excluding carboxylic acids is 1. The number of aromatic nitrogens is 2. The SMILES string of the molecule is CC(CCCC(=O)O)NC(=O)c1cn2ccccc2n1. The molecule has 20 heavy (non-hydrogen) atoms. The van der Waals surface area contributed by atoms with E-state index < -0.39 is 5.97 Å². The van der Waals surface area contributed by atoms with E-state index in [0.717, 1.165) is 5.65 Å². The van der Waals surface area contributed by atoms with Crippen molar-refractivity contribution in [3.63, 3.8) is 0 Å². The fraction of sp³-hybridized carbons (Fsp3) is 0.357. The topological polar surface area (TPSA) is 83.7 Å². The van der Waals surface area contributed by atoms with Crippen LogP contribution in [0.25, 0.3) is 5.65 Å². The number of pyridine rings is 1. The molecule has 0 fully saturated rings. The summed E-state index contributed by atoms with van der Waals surface area (Å²) in [5.74, 6) is -1.06. The third-order valence-electron chi connectivity index (χ3n) is 3.00. The van der Waals surface area contributed by atoms with Crippen molar-refractivity contribution < 1.29 is 14.7 Å². The van der Waals surface area contributed by atoms with Crippen LogP contribution in [-0.2, 0) is 4.79 Å². The molecule has 0 aliphatic heterocycles. The maximum Gasteiger partial charge on any atom is 0.303 e. The second-order valence-electron chi connectivity index (χ2n) is 4.75. The number of carboxylic acid groups (broad SMARTS) is 1. The van der Waals surface area contributed by atoms with Gasteiger partial charge in [-0.3, -0.25) is 9.59 Å². The van der Waals surface area contributed by atoms with Crippen molar-refractivity contribution in [2.24, 2.45) is 0 Å². The first-order valence-corrected chi connectivity index (χ1v) is 6.52. The summed E-state index contributed by atoms with van der Waals surface area (Å²) in [5.41, 5.74) is 1.08. The number of hydrogen-bond acceptors (Lipinski definition) is 3. The highest BCUT2D eigenvalue weighted by Crippen LogP contribution is 2.06. The summed E-state index contributed by atoms with van der Waals surface area (Å²) in [6.45, 7) is 1.86. The molecule has 0 radical (unpaired) electrons. The van der Waals surface area contributed by atoms with Crippen LogP contribution >= 0.6 is 0 Å². The molecule has 2 N–H and O–H groups in total. The Morgan fingerprint density at radius 2 is 2.25 bits per heavy atom. The largest absolute Gasteiger partial charge is 0.481 e. The first kappa shape index (κ1) is 14.0. The minimum absolute atomic E-state index is 0.0772. The first-order chi connectivity index (χ1) is 9.56. The highest BCUT2D eigenvalue weighted by Gasteiger charge is 2.13. The molecule has 1 atom stereocenters. The van der Waals surface area contributed by atoms with Gasteiger partial charge in [0.2, 0.25) is 0 Å². The Kier molecular flexibility index (Phi) is 4.34. The van der Waals surface area contributed by atoms with Crippen molar-refractivity contribution in [3.05, 3.63) is 36.3 Å². The van der Waals surface area contributed by atoms with Gasteiger partial charge >= 0.3 is 5.97 Å². The number of aliphatic carboxylic acids is 1. The van der Waals surface area contributed by atoms with Crippen molar-refractivity contribution in [3.8, 4) is 0 Å². The standard InChI is InChI=1S/C14H17N3O3/c1-10(5-4-7-13(18)19)15-14(20)11-9-17-8-3-2-6-12(17)16-11/h2-3,6,8-10H,4-5,7H2,1H3,(H,15,20)(H,18,19). The number of amides is 1. The molecule has 2 aromatic heterocycles. The maximum atomic E-state index is 12.0. The number of nitrogens with zero attached hydrogens (tertiary/aromatic N) is 2. The Labute approximate surface area is 116 Å². The van der Waals surface area contributed by atoms with E-state index in [-0.39, 0.29) is 18.4 Å². The van der Waals surface area contributed by atoms with E-state index in [9.17, 15) is 9.59 Å². The molecule has 2 aromatic rings. The van der Waals surface area contributed by atoms with E-state index in [1.54, 1.807) is 10.6 Å². The lowest BCUT2D eigenvalue weighted by Gasteiger charge is -2.11. The molecule has 0 saturated heterocycles. The fourth-order valence-electron chi connectivity index (χ4n) is 1.97. The molecule has 0 aromatic carbocycles. The van der Waals surface area contributed by atoms with Crippen molar-refractivity contribution in [2.75, 3.05) is 0 Å². The normalized spacial score (nSPS) is 12.2. The van der Waals surface area contributed by atoms with Crippen LogP contribution in [0.2, 0.25) is 0 Å². The molecular weight excluding hydrogens is 258 g/mol. The van der Waals surface area contributed by atoms with Gasteiger partial charge in [0.05, 0.1) is 0 Å². The van der Waals surface area contributed by atoms with E-state index in [1.165, 1.54) is 0 Å². The van der Waals surface area contributed by atoms with Crippen LogP contribution in [0.5, 0.6) is 0 Å². The lowest BCUT2D eigenvalue weighted by Crippen LogP contribution is -2.32. The molecular formula is C14H17N3O3. The minimum Gasteiger partial charge on any atom is -0.481 e. The summed E-state index contributed by atoms with van der Waals surface area (Å²) >= 11 is 0. The highest BCUT2D eigenvalue weighted by molar-refractivity contribution is 5.93. The third-order valence-corrected chi connectivity index (χ3v) is 3.00. The van der Waals surface area contributed by atoms with E-state index >= 15 is 0 Å². The molecule has 0 aliphatic carbocycles. The van der Waals surface area contributed by atoms with Gasteiger partial charge in [-0.15, -0.1) is 0 Å². The van der Waals surface area contributed by atoms with Gasteiger partial charge in [0.15, 0.2) is 0 Å². The molecule has 0 bridgehead atoms. The monoisotopic (exact) mass is 275 g/mol. The second kappa shape index (κ2) is 6.18. The van der Waals surface area contributed by atoms with Crippen LogP contribution in [0.1, 0.15) is 36.7 Å². The van der Waals surface area contributed by atoms with Gasteiger partial charge in [-0.2, -0.15) is 0 Å². The van der Waals surface area contributed by atoms with E-state index in [1.807, 2.05) is 31.3 Å². The summed E-state index contributed by atoms with van der Waals surface area (Å²) in [6, 6.07) is 5.47. The lowest BCUT2D eigenvalue weighted by molar-refractivity contribution is -0.137. The number of rotatable bonds is 6. The average molecular weight is 275 g/mol. The Bertz CT molecular complexity index is 588. The van der Waals surface area contributed by atoms with Crippen molar-refractivity contribution in [1.29, 1.82) is 0 Å². The van der Waals surface area contributed by atoms with Crippen LogP contribution < -0.4 is 5.32 Å². The second-order valence-corrected chi connectivity index (χ2v) is 4.75. The zero-order valence-electron chi connectivity index (χ0n) is 11.2. The number of imidazole rings is 1. The first-order valence-electron chi connectivity index (χ1n) is 6.52. The van der Waals surface area contributed by atoms with Gasteiger partial charge < -0.3 is 14.8 Å². The molecule has 1 amide bonds. The molecule has 0 saturated carbocycles. The molecule has 2 rings (SSSR count). The molecule has 106 valence electrons. The Hall–Kier alpha value is -2.37. The fourth-order valence-corrected chi connectivity index (χ4v) is 1.97. The highest BCUT2D eigenvalue weighted by atomic mass is 16.4. The summed E-state index contributed by atoms with van der Waals surface area (Å²) in [4.78, 5) is 26.7. The van der Waals surface area contributed by atoms with Crippen LogP contribution in [-0.4, -0.2) is 32.4 Å². The Balaban J connectivity index is 1.92. The van der Waals surface area contributed by atoms with Crippen LogP contribution in [0.15, 0.2) is 30.6 Å². The van der Waals surface area contributed by atoms with Crippen molar-refractivity contribution in [1.82, 2.24) is 14.7 Å². The zero-order valence-corrected chi connectivity index (χ0v) is 11.2. The van der Waals surface area contributed by atoms with Crippen LogP contribution in [0.4, 0.5) is 0 Å². The Morgan fingerprint density at radius 1 is 1.45 bits per heavy atom. The number of fused-ring (bicyclic) bond motifs is 1. The van der Waals surface area contributed by atoms with Gasteiger partial charge in [-0.1, -0.05) is 6.07 Å². The van der Waals surface area contributed by atoms with Gasteiger partial charge in [0, 0.05) is 24.9 Å². The summed E-state index contributed by atoms with van der Waals surface area (Å²) in [7, 11) is 0. The molecule has 6 heteroatoms. The zero-order chi connectivity index (χ0) is 14.5. The van der Waals surface area contributed by atoms with E-state index in [0.29, 0.717) is 18.5 Å². The number of carboxylic acids is 1. The van der Waals surface area contributed by atoms with Crippen LogP contribution in [0, 0.1) is 0 Å². The van der Waals surface area contributed by atoms with Crippen molar-refractivity contribution in [2.45, 2.75) is 32.2 Å². The Morgan fingerprint density at radius 3 is 2.95 bits per heavy atom. The smallest absolute Gasteiger partial charge is 0.303 e. The quantitative estimate of drug-likeness (QED) is 0.840. The minimum atomic E-state index is -0.816. The number of carbonyl (C=O) groups is 2. The van der Waals surface area contributed by atoms with Crippen LogP contribution in [0.3, 0.4) is 0 Å². The van der Waals surface area contributed by atoms with Gasteiger partial charge in [-0.05, 0) is 31.9 Å².